The molecule has 0 unspecified atom stereocenters. The molecule has 1 aromatic rings. The number of rotatable bonds is 5. The van der Waals surface area contributed by atoms with E-state index < -0.39 is 16.7 Å². The van der Waals surface area contributed by atoms with E-state index in [2.05, 4.69) is 0 Å². The van der Waals surface area contributed by atoms with Crippen molar-refractivity contribution in [2.24, 2.45) is 11.8 Å². The van der Waals surface area contributed by atoms with E-state index in [1.54, 1.807) is 11.8 Å². The second kappa shape index (κ2) is 7.77. The van der Waals surface area contributed by atoms with Crippen LogP contribution in [-0.4, -0.2) is 65.3 Å². The summed E-state index contributed by atoms with van der Waals surface area (Å²) in [6.07, 6.45) is 1.16. The largest absolute Gasteiger partial charge is 0.466 e. The maximum Gasteiger partial charge on any atom is 0.433 e. The lowest BCUT2D eigenvalue weighted by atomic mass is 9.93. The summed E-state index contributed by atoms with van der Waals surface area (Å²) in [5.74, 6) is -1.77. The average Bonchev–Trinajstić information content (AvgIpc) is 3.11. The normalized spacial score (nSPS) is 18.1. The van der Waals surface area contributed by atoms with Crippen LogP contribution < -0.4 is 0 Å². The molecule has 2 fully saturated rings. The lowest BCUT2D eigenvalue weighted by Crippen LogP contribution is -2.57. The van der Waals surface area contributed by atoms with E-state index >= 15 is 0 Å². The van der Waals surface area contributed by atoms with Gasteiger partial charge in [-0.2, -0.15) is 0 Å². The van der Waals surface area contributed by atoms with Crippen molar-refractivity contribution in [1.29, 1.82) is 0 Å². The quantitative estimate of drug-likeness (QED) is 0.426. The minimum Gasteiger partial charge on any atom is -0.466 e. The zero-order valence-corrected chi connectivity index (χ0v) is 15.0. The monoisotopic (exact) mass is 379 g/mol. The molecule has 0 atom stereocenters. The molecule has 3 rings (SSSR count). The number of likely N-dealkylation sites (tertiary alicyclic amines) is 2. The first kappa shape index (κ1) is 18.9. The Kier molecular flexibility index (Phi) is 5.43. The molecule has 0 aliphatic carbocycles. The zero-order chi connectivity index (χ0) is 19.6. The third kappa shape index (κ3) is 3.93. The molecule has 2 aliphatic rings. The van der Waals surface area contributed by atoms with Gasteiger partial charge >= 0.3 is 11.9 Å². The third-order valence-electron chi connectivity index (χ3n) is 4.93. The predicted molar refractivity (Wildman–Crippen MR) is 90.7 cm³/mol. The van der Waals surface area contributed by atoms with E-state index in [4.69, 9.17) is 9.15 Å². The number of hydrogen-bond donors (Lipinski definition) is 0. The average molecular weight is 379 g/mol. The van der Waals surface area contributed by atoms with Crippen molar-refractivity contribution in [3.63, 3.8) is 0 Å². The van der Waals surface area contributed by atoms with Crippen LogP contribution in [0.5, 0.6) is 0 Å². The predicted octanol–water partition coefficient (Wildman–Crippen LogP) is 1.06. The molecule has 146 valence electrons. The van der Waals surface area contributed by atoms with Crippen LogP contribution in [0.25, 0.3) is 0 Å². The Hall–Kier alpha value is -2.91. The van der Waals surface area contributed by atoms with Crippen molar-refractivity contribution >= 4 is 23.7 Å². The summed E-state index contributed by atoms with van der Waals surface area (Å²) < 4.78 is 9.92. The van der Waals surface area contributed by atoms with Crippen molar-refractivity contribution < 1.29 is 28.5 Å². The minimum atomic E-state index is -0.709. The van der Waals surface area contributed by atoms with Crippen LogP contribution in [0, 0.1) is 22.0 Å². The molecular formula is C17H21N3O7. The maximum absolute atomic E-state index is 12.5. The molecule has 0 N–H and O–H groups in total. The van der Waals surface area contributed by atoms with Gasteiger partial charge in [0, 0.05) is 26.2 Å². The highest BCUT2D eigenvalue weighted by molar-refractivity contribution is 5.94. The standard InChI is InChI=1S/C17H21N3O7/c1-2-26-17(23)11-5-7-18(8-6-11)15(21)12-9-19(10-12)16(22)13-3-4-14(27-13)20(24)25/h3-4,11-12H,2,5-10H2,1H3. The van der Waals surface area contributed by atoms with Crippen LogP contribution in [-0.2, 0) is 14.3 Å². The highest BCUT2D eigenvalue weighted by Crippen LogP contribution is 2.26. The summed E-state index contributed by atoms with van der Waals surface area (Å²) in [6, 6.07) is 2.39. The molecule has 0 bridgehead atoms. The number of nitrogens with zero attached hydrogens (tertiary/aromatic N) is 3. The van der Waals surface area contributed by atoms with Crippen LogP contribution in [0.1, 0.15) is 30.3 Å². The van der Waals surface area contributed by atoms with Gasteiger partial charge in [0.25, 0.3) is 5.91 Å². The molecule has 0 saturated carbocycles. The Bertz CT molecular complexity index is 745. The molecule has 2 amide bonds. The van der Waals surface area contributed by atoms with Crippen LogP contribution in [0.3, 0.4) is 0 Å². The van der Waals surface area contributed by atoms with Gasteiger partial charge in [0.2, 0.25) is 5.91 Å². The summed E-state index contributed by atoms with van der Waals surface area (Å²) in [5.41, 5.74) is 0. The summed E-state index contributed by atoms with van der Waals surface area (Å²) in [5, 5.41) is 10.6. The molecule has 2 aliphatic heterocycles. The molecular weight excluding hydrogens is 358 g/mol. The topological polar surface area (TPSA) is 123 Å². The molecule has 3 heterocycles. The fourth-order valence-electron chi connectivity index (χ4n) is 3.35. The summed E-state index contributed by atoms with van der Waals surface area (Å²) in [6.45, 7) is 3.62. The summed E-state index contributed by atoms with van der Waals surface area (Å²) in [4.78, 5) is 49.6. The second-order valence-electron chi connectivity index (χ2n) is 6.65. The fraction of sp³-hybridized carbons (Fsp3) is 0.588. The number of carbonyl (C=O) groups is 3. The molecule has 0 spiro atoms. The van der Waals surface area contributed by atoms with Gasteiger partial charge in [0.05, 0.1) is 24.5 Å². The molecule has 1 aromatic heterocycles. The number of carbonyl (C=O) groups excluding carboxylic acids is 3. The van der Waals surface area contributed by atoms with Crippen molar-refractivity contribution in [2.45, 2.75) is 19.8 Å². The van der Waals surface area contributed by atoms with Crippen molar-refractivity contribution in [2.75, 3.05) is 32.8 Å². The lowest BCUT2D eigenvalue weighted by Gasteiger charge is -2.41. The number of furan rings is 1. The van der Waals surface area contributed by atoms with Crippen LogP contribution in [0.4, 0.5) is 5.88 Å². The van der Waals surface area contributed by atoms with E-state index in [9.17, 15) is 24.5 Å². The number of amides is 2. The Balaban J connectivity index is 1.46. The van der Waals surface area contributed by atoms with Gasteiger partial charge in [-0.3, -0.25) is 24.5 Å². The highest BCUT2D eigenvalue weighted by Gasteiger charge is 2.40. The Morgan fingerprint density at radius 3 is 2.41 bits per heavy atom. The number of esters is 1. The van der Waals surface area contributed by atoms with Gasteiger partial charge < -0.3 is 19.0 Å². The Morgan fingerprint density at radius 2 is 1.85 bits per heavy atom. The van der Waals surface area contributed by atoms with Gasteiger partial charge in [-0.05, 0) is 25.8 Å². The molecule has 2 saturated heterocycles. The van der Waals surface area contributed by atoms with Gasteiger partial charge in [0.15, 0.2) is 5.76 Å². The van der Waals surface area contributed by atoms with Gasteiger partial charge in [-0.1, -0.05) is 0 Å². The number of hydrogen-bond acceptors (Lipinski definition) is 7. The SMILES string of the molecule is CCOC(=O)C1CCN(C(=O)C2CN(C(=O)c3ccc([N+](=O)[O-])o3)C2)CC1. The van der Waals surface area contributed by atoms with Crippen molar-refractivity contribution in [3.8, 4) is 0 Å². The lowest BCUT2D eigenvalue weighted by molar-refractivity contribution is -0.402. The zero-order valence-electron chi connectivity index (χ0n) is 15.0. The highest BCUT2D eigenvalue weighted by atomic mass is 16.6. The van der Waals surface area contributed by atoms with Crippen molar-refractivity contribution in [1.82, 2.24) is 9.80 Å². The first-order chi connectivity index (χ1) is 12.9. The molecule has 10 heteroatoms. The number of ether oxygens (including phenoxy) is 1. The Labute approximate surface area is 155 Å². The fourth-order valence-corrected chi connectivity index (χ4v) is 3.35. The van der Waals surface area contributed by atoms with Gasteiger partial charge in [-0.25, -0.2) is 0 Å². The maximum atomic E-state index is 12.5. The molecule has 0 radical (unpaired) electrons. The van der Waals surface area contributed by atoms with E-state index in [0.29, 0.717) is 32.5 Å². The smallest absolute Gasteiger partial charge is 0.433 e. The van der Waals surface area contributed by atoms with Gasteiger partial charge in [-0.15, -0.1) is 0 Å². The summed E-state index contributed by atoms with van der Waals surface area (Å²) >= 11 is 0. The van der Waals surface area contributed by atoms with Crippen LogP contribution in [0.2, 0.25) is 0 Å². The molecule has 10 nitrogen and oxygen atoms in total. The molecule has 0 aromatic carbocycles. The van der Waals surface area contributed by atoms with E-state index in [1.165, 1.54) is 11.0 Å². The summed E-state index contributed by atoms with van der Waals surface area (Å²) in [7, 11) is 0. The van der Waals surface area contributed by atoms with E-state index in [0.717, 1.165) is 6.07 Å². The van der Waals surface area contributed by atoms with Gasteiger partial charge in [0.1, 0.15) is 4.92 Å². The minimum absolute atomic E-state index is 0.0354. The number of nitro groups is 1. The van der Waals surface area contributed by atoms with Crippen LogP contribution >= 0.6 is 0 Å². The third-order valence-corrected chi connectivity index (χ3v) is 4.93. The Morgan fingerprint density at radius 1 is 1.19 bits per heavy atom. The first-order valence-electron chi connectivity index (χ1n) is 8.89. The number of piperidine rings is 1. The molecule has 27 heavy (non-hydrogen) atoms. The van der Waals surface area contributed by atoms with E-state index in [-0.39, 0.29) is 42.6 Å². The van der Waals surface area contributed by atoms with Crippen LogP contribution in [0.15, 0.2) is 16.5 Å². The second-order valence-corrected chi connectivity index (χ2v) is 6.65. The van der Waals surface area contributed by atoms with Crippen molar-refractivity contribution in [3.05, 3.63) is 28.0 Å². The van der Waals surface area contributed by atoms with E-state index in [1.807, 2.05) is 0 Å². The first-order valence-corrected chi connectivity index (χ1v) is 8.89.